The van der Waals surface area contributed by atoms with Gasteiger partial charge in [-0.3, -0.25) is 4.79 Å². The van der Waals surface area contributed by atoms with E-state index >= 15 is 0 Å². The second-order valence-electron chi connectivity index (χ2n) is 4.18. The predicted molar refractivity (Wildman–Crippen MR) is 74.7 cm³/mol. The van der Waals surface area contributed by atoms with Crippen LogP contribution in [0.2, 0.25) is 0 Å². The summed E-state index contributed by atoms with van der Waals surface area (Å²) >= 11 is 5.69. The first kappa shape index (κ1) is 13.6. The van der Waals surface area contributed by atoms with Gasteiger partial charge in [-0.15, -0.1) is 11.6 Å². The van der Waals surface area contributed by atoms with Gasteiger partial charge >= 0.3 is 0 Å². The van der Waals surface area contributed by atoms with E-state index in [1.54, 1.807) is 24.3 Å². The monoisotopic (exact) mass is 277 g/mol. The van der Waals surface area contributed by atoms with Gasteiger partial charge in [0, 0.05) is 11.6 Å². The van der Waals surface area contributed by atoms with Crippen LogP contribution in [0.25, 0.3) is 0 Å². The number of anilines is 1. The Morgan fingerprint density at radius 3 is 2.16 bits per heavy atom. The highest BCUT2D eigenvalue weighted by atomic mass is 35.5. The Balaban J connectivity index is 1.95. The maximum absolute atomic E-state index is 12.7. The van der Waals surface area contributed by atoms with Gasteiger partial charge in [0.25, 0.3) is 0 Å². The Bertz CT molecular complexity index is 551. The number of benzene rings is 2. The van der Waals surface area contributed by atoms with Gasteiger partial charge < -0.3 is 5.32 Å². The van der Waals surface area contributed by atoms with Crippen molar-refractivity contribution < 1.29 is 9.18 Å². The minimum Gasteiger partial charge on any atom is -0.326 e. The third kappa shape index (κ3) is 4.07. The first-order chi connectivity index (χ1) is 9.17. The summed E-state index contributed by atoms with van der Waals surface area (Å²) in [6.07, 6.45) is 0.220. The lowest BCUT2D eigenvalue weighted by atomic mass is 10.1. The second-order valence-corrected chi connectivity index (χ2v) is 4.45. The van der Waals surface area contributed by atoms with Crippen LogP contribution in [0, 0.1) is 5.82 Å². The highest BCUT2D eigenvalue weighted by Crippen LogP contribution is 2.12. The Kier molecular flexibility index (Phi) is 4.53. The van der Waals surface area contributed by atoms with Gasteiger partial charge in [-0.2, -0.15) is 0 Å². The van der Waals surface area contributed by atoms with Crippen LogP contribution in [0.15, 0.2) is 48.5 Å². The molecule has 1 N–H and O–H groups in total. The van der Waals surface area contributed by atoms with Gasteiger partial charge in [-0.05, 0) is 35.4 Å². The molecule has 2 nitrogen and oxygen atoms in total. The van der Waals surface area contributed by atoms with Crippen LogP contribution in [0.1, 0.15) is 11.1 Å². The van der Waals surface area contributed by atoms with E-state index in [1.807, 2.05) is 12.1 Å². The van der Waals surface area contributed by atoms with Crippen molar-refractivity contribution >= 4 is 23.2 Å². The summed E-state index contributed by atoms with van der Waals surface area (Å²) in [7, 11) is 0. The molecule has 0 bridgehead atoms. The predicted octanol–water partition coefficient (Wildman–Crippen LogP) is 3.75. The van der Waals surface area contributed by atoms with Gasteiger partial charge in [0.05, 0.1) is 6.42 Å². The minimum atomic E-state index is -0.305. The van der Waals surface area contributed by atoms with Gasteiger partial charge in [0.15, 0.2) is 0 Å². The molecule has 0 spiro atoms. The van der Waals surface area contributed by atoms with Gasteiger partial charge in [0.1, 0.15) is 5.82 Å². The van der Waals surface area contributed by atoms with Crippen LogP contribution in [-0.2, 0) is 17.1 Å². The fraction of sp³-hybridized carbons (Fsp3) is 0.133. The van der Waals surface area contributed by atoms with Crippen molar-refractivity contribution in [3.63, 3.8) is 0 Å². The maximum atomic E-state index is 12.7. The third-order valence-electron chi connectivity index (χ3n) is 2.67. The number of rotatable bonds is 4. The molecule has 0 saturated heterocycles. The van der Waals surface area contributed by atoms with Crippen LogP contribution in [0.3, 0.4) is 0 Å². The molecule has 2 rings (SSSR count). The van der Waals surface area contributed by atoms with E-state index in [0.29, 0.717) is 5.88 Å². The molecule has 4 heteroatoms. The van der Waals surface area contributed by atoms with Crippen molar-refractivity contribution in [3.8, 4) is 0 Å². The Hall–Kier alpha value is -1.87. The Morgan fingerprint density at radius 1 is 1.00 bits per heavy atom. The largest absolute Gasteiger partial charge is 0.326 e. The van der Waals surface area contributed by atoms with E-state index in [0.717, 1.165) is 16.8 Å². The summed E-state index contributed by atoms with van der Waals surface area (Å²) in [5.41, 5.74) is 2.50. The molecule has 0 aliphatic rings. The Labute approximate surface area is 116 Å². The van der Waals surface area contributed by atoms with Crippen molar-refractivity contribution in [1.29, 1.82) is 0 Å². The first-order valence-electron chi connectivity index (χ1n) is 5.86. The third-order valence-corrected chi connectivity index (χ3v) is 2.98. The van der Waals surface area contributed by atoms with Crippen LogP contribution in [0.4, 0.5) is 10.1 Å². The molecule has 0 aromatic heterocycles. The number of halogens is 2. The highest BCUT2D eigenvalue weighted by molar-refractivity contribution is 6.17. The molecule has 19 heavy (non-hydrogen) atoms. The zero-order valence-electron chi connectivity index (χ0n) is 10.2. The second kappa shape index (κ2) is 6.34. The number of amides is 1. The molecule has 0 aliphatic heterocycles. The van der Waals surface area contributed by atoms with Crippen molar-refractivity contribution in [3.05, 3.63) is 65.5 Å². The molecule has 0 radical (unpaired) electrons. The molecule has 0 heterocycles. The molecular weight excluding hydrogens is 265 g/mol. The van der Waals surface area contributed by atoms with E-state index in [4.69, 9.17) is 11.6 Å². The highest BCUT2D eigenvalue weighted by Gasteiger charge is 2.04. The molecule has 0 atom stereocenters. The van der Waals surface area contributed by atoms with Crippen molar-refractivity contribution in [2.75, 3.05) is 5.32 Å². The van der Waals surface area contributed by atoms with E-state index in [-0.39, 0.29) is 18.1 Å². The van der Waals surface area contributed by atoms with Crippen molar-refractivity contribution in [2.24, 2.45) is 0 Å². The van der Waals surface area contributed by atoms with E-state index in [2.05, 4.69) is 5.32 Å². The van der Waals surface area contributed by atoms with Crippen LogP contribution in [-0.4, -0.2) is 5.91 Å². The topological polar surface area (TPSA) is 29.1 Å². The molecule has 1 amide bonds. The first-order valence-corrected chi connectivity index (χ1v) is 6.40. The van der Waals surface area contributed by atoms with Gasteiger partial charge in [0.2, 0.25) is 5.91 Å². The van der Waals surface area contributed by atoms with Crippen molar-refractivity contribution in [2.45, 2.75) is 12.3 Å². The summed E-state index contributed by atoms with van der Waals surface area (Å²) in [5, 5.41) is 2.78. The van der Waals surface area contributed by atoms with Crippen LogP contribution >= 0.6 is 11.6 Å². The normalized spacial score (nSPS) is 10.2. The summed E-state index contributed by atoms with van der Waals surface area (Å²) in [6, 6.07) is 13.2. The molecular formula is C15H13ClFNO. The summed E-state index contributed by atoms with van der Waals surface area (Å²) in [5.74, 6) is 0.00938. The summed E-state index contributed by atoms with van der Waals surface area (Å²) in [6.45, 7) is 0. The number of hydrogen-bond acceptors (Lipinski definition) is 1. The lowest BCUT2D eigenvalue weighted by Gasteiger charge is -2.06. The van der Waals surface area contributed by atoms with Crippen LogP contribution in [0.5, 0.6) is 0 Å². The number of hydrogen-bond donors (Lipinski definition) is 1. The lowest BCUT2D eigenvalue weighted by Crippen LogP contribution is -2.14. The van der Waals surface area contributed by atoms with Gasteiger partial charge in [-0.25, -0.2) is 4.39 Å². The fourth-order valence-electron chi connectivity index (χ4n) is 1.67. The minimum absolute atomic E-state index is 0.134. The van der Waals surface area contributed by atoms with Gasteiger partial charge in [-0.1, -0.05) is 24.3 Å². The molecule has 0 aliphatic carbocycles. The average Bonchev–Trinajstić information content (AvgIpc) is 2.42. The molecule has 0 saturated carbocycles. The number of carbonyl (C=O) groups excluding carboxylic acids is 1. The molecule has 0 fully saturated rings. The summed E-state index contributed by atoms with van der Waals surface area (Å²) < 4.78 is 12.7. The number of carbonyl (C=O) groups is 1. The van der Waals surface area contributed by atoms with Crippen LogP contribution < -0.4 is 5.32 Å². The molecule has 98 valence electrons. The quantitative estimate of drug-likeness (QED) is 0.848. The van der Waals surface area contributed by atoms with E-state index in [9.17, 15) is 9.18 Å². The smallest absolute Gasteiger partial charge is 0.228 e. The van der Waals surface area contributed by atoms with E-state index < -0.39 is 0 Å². The molecule has 2 aromatic rings. The average molecular weight is 278 g/mol. The fourth-order valence-corrected chi connectivity index (χ4v) is 1.85. The lowest BCUT2D eigenvalue weighted by molar-refractivity contribution is -0.115. The zero-order valence-corrected chi connectivity index (χ0v) is 11.0. The Morgan fingerprint density at radius 2 is 1.58 bits per heavy atom. The number of alkyl halides is 1. The molecule has 2 aromatic carbocycles. The maximum Gasteiger partial charge on any atom is 0.228 e. The standard InChI is InChI=1S/C15H13ClFNO/c16-10-12-3-7-14(8-4-12)18-15(19)9-11-1-5-13(17)6-2-11/h1-8H,9-10H2,(H,18,19). The molecule has 0 unspecified atom stereocenters. The van der Waals surface area contributed by atoms with E-state index in [1.165, 1.54) is 12.1 Å². The number of nitrogens with one attached hydrogen (secondary N) is 1. The SMILES string of the molecule is O=C(Cc1ccc(F)cc1)Nc1ccc(CCl)cc1. The zero-order chi connectivity index (χ0) is 13.7. The summed E-state index contributed by atoms with van der Waals surface area (Å²) in [4.78, 5) is 11.8. The van der Waals surface area contributed by atoms with Crippen molar-refractivity contribution in [1.82, 2.24) is 0 Å².